The molecule has 214 valence electrons. The molecule has 1 heterocycles. The molecule has 1 aliphatic rings. The quantitative estimate of drug-likeness (QED) is 0.196. The lowest BCUT2D eigenvalue weighted by Gasteiger charge is -2.32. The van der Waals surface area contributed by atoms with E-state index in [-0.39, 0.29) is 5.41 Å². The van der Waals surface area contributed by atoms with E-state index in [4.69, 9.17) is 0 Å². The van der Waals surface area contributed by atoms with Gasteiger partial charge >= 0.3 is 0 Å². The SMILES string of the molecule is CC1(C)c2ccccc2-c2cccc(N(c3cccc(-c4ccc5ccccc5c4)c3)c3ccc4c(c3)sc3ccccc34)c21. The topological polar surface area (TPSA) is 3.24 Å². The second-order valence-corrected chi connectivity index (χ2v) is 13.7. The number of anilines is 3. The van der Waals surface area contributed by atoms with E-state index in [9.17, 15) is 0 Å². The summed E-state index contributed by atoms with van der Waals surface area (Å²) in [5.74, 6) is 0. The third kappa shape index (κ3) is 4.06. The van der Waals surface area contributed by atoms with Gasteiger partial charge in [0.2, 0.25) is 0 Å². The van der Waals surface area contributed by atoms with Crippen molar-refractivity contribution in [3.05, 3.63) is 163 Å². The summed E-state index contributed by atoms with van der Waals surface area (Å²) < 4.78 is 2.63. The molecule has 1 aliphatic carbocycles. The van der Waals surface area contributed by atoms with Crippen molar-refractivity contribution < 1.29 is 0 Å². The molecule has 0 saturated heterocycles. The summed E-state index contributed by atoms with van der Waals surface area (Å²) in [6, 6.07) is 55.9. The van der Waals surface area contributed by atoms with Gasteiger partial charge in [0.25, 0.3) is 0 Å². The van der Waals surface area contributed by atoms with Crippen LogP contribution in [0.4, 0.5) is 17.1 Å². The molecular formula is C43H31NS. The molecule has 2 heteroatoms. The lowest BCUT2D eigenvalue weighted by Crippen LogP contribution is -2.20. The third-order valence-electron chi connectivity index (χ3n) is 9.61. The fourth-order valence-corrected chi connectivity index (χ4v) is 8.62. The fraction of sp³-hybridized carbons (Fsp3) is 0.0698. The van der Waals surface area contributed by atoms with Gasteiger partial charge in [0, 0.05) is 37.0 Å². The Balaban J connectivity index is 1.28. The van der Waals surface area contributed by atoms with Gasteiger partial charge in [0.05, 0.1) is 5.69 Å². The number of nitrogens with zero attached hydrogens (tertiary/aromatic N) is 1. The minimum Gasteiger partial charge on any atom is -0.310 e. The van der Waals surface area contributed by atoms with Crippen LogP contribution < -0.4 is 4.90 Å². The van der Waals surface area contributed by atoms with Crippen molar-refractivity contribution in [1.29, 1.82) is 0 Å². The Morgan fingerprint density at radius 1 is 0.489 bits per heavy atom. The van der Waals surface area contributed by atoms with E-state index in [1.807, 2.05) is 11.3 Å². The lowest BCUT2D eigenvalue weighted by atomic mass is 9.81. The van der Waals surface area contributed by atoms with Crippen LogP contribution >= 0.6 is 11.3 Å². The summed E-state index contributed by atoms with van der Waals surface area (Å²) in [5, 5.41) is 5.16. The van der Waals surface area contributed by atoms with Crippen LogP contribution in [0, 0.1) is 0 Å². The number of rotatable bonds is 4. The molecule has 7 aromatic carbocycles. The molecule has 0 unspecified atom stereocenters. The molecule has 1 aromatic heterocycles. The Hall–Kier alpha value is -5.18. The van der Waals surface area contributed by atoms with Gasteiger partial charge in [-0.25, -0.2) is 0 Å². The first-order chi connectivity index (χ1) is 22.1. The predicted octanol–water partition coefficient (Wildman–Crippen LogP) is 12.7. The Kier molecular flexibility index (Phi) is 5.78. The second-order valence-electron chi connectivity index (χ2n) is 12.6. The zero-order valence-corrected chi connectivity index (χ0v) is 26.1. The molecule has 0 bridgehead atoms. The Bertz CT molecular complexity index is 2430. The number of fused-ring (bicyclic) bond motifs is 7. The van der Waals surface area contributed by atoms with Crippen LogP contribution in [0.5, 0.6) is 0 Å². The van der Waals surface area contributed by atoms with Crippen molar-refractivity contribution >= 4 is 59.3 Å². The highest BCUT2D eigenvalue weighted by Crippen LogP contribution is 2.54. The summed E-state index contributed by atoms with van der Waals surface area (Å²) in [6.45, 7) is 4.75. The van der Waals surface area contributed by atoms with E-state index in [1.54, 1.807) is 0 Å². The first-order valence-corrected chi connectivity index (χ1v) is 16.4. The highest BCUT2D eigenvalue weighted by atomic mass is 32.1. The summed E-state index contributed by atoms with van der Waals surface area (Å²) in [5.41, 5.74) is 11.3. The summed E-state index contributed by atoms with van der Waals surface area (Å²) in [4.78, 5) is 2.49. The Labute approximate surface area is 267 Å². The van der Waals surface area contributed by atoms with Crippen molar-refractivity contribution in [2.45, 2.75) is 19.3 Å². The maximum Gasteiger partial charge on any atom is 0.0508 e. The summed E-state index contributed by atoms with van der Waals surface area (Å²) >= 11 is 1.87. The number of benzene rings is 7. The van der Waals surface area contributed by atoms with Crippen LogP contribution in [-0.2, 0) is 5.41 Å². The van der Waals surface area contributed by atoms with E-state index in [0.717, 1.165) is 5.69 Å². The van der Waals surface area contributed by atoms with Crippen LogP contribution in [-0.4, -0.2) is 0 Å². The second kappa shape index (κ2) is 9.92. The van der Waals surface area contributed by atoms with Gasteiger partial charge in [0.15, 0.2) is 0 Å². The largest absolute Gasteiger partial charge is 0.310 e. The van der Waals surface area contributed by atoms with Crippen molar-refractivity contribution in [2.75, 3.05) is 4.90 Å². The molecule has 0 spiro atoms. The van der Waals surface area contributed by atoms with E-state index in [1.165, 1.54) is 75.7 Å². The monoisotopic (exact) mass is 593 g/mol. The summed E-state index contributed by atoms with van der Waals surface area (Å²) in [7, 11) is 0. The van der Waals surface area contributed by atoms with Crippen molar-refractivity contribution in [3.8, 4) is 22.3 Å². The van der Waals surface area contributed by atoms with Gasteiger partial charge < -0.3 is 4.90 Å². The van der Waals surface area contributed by atoms with Gasteiger partial charge in [-0.05, 0) is 86.6 Å². The van der Waals surface area contributed by atoms with E-state index >= 15 is 0 Å². The van der Waals surface area contributed by atoms with Gasteiger partial charge in [-0.3, -0.25) is 0 Å². The van der Waals surface area contributed by atoms with Crippen LogP contribution in [0.3, 0.4) is 0 Å². The Morgan fingerprint density at radius 2 is 1.20 bits per heavy atom. The molecule has 0 N–H and O–H groups in total. The third-order valence-corrected chi connectivity index (χ3v) is 10.7. The smallest absolute Gasteiger partial charge is 0.0508 e. The molecule has 0 radical (unpaired) electrons. The van der Waals surface area contributed by atoms with Crippen LogP contribution in [0.1, 0.15) is 25.0 Å². The van der Waals surface area contributed by atoms with Crippen LogP contribution in [0.2, 0.25) is 0 Å². The lowest BCUT2D eigenvalue weighted by molar-refractivity contribution is 0.661. The first-order valence-electron chi connectivity index (χ1n) is 15.6. The number of hydrogen-bond acceptors (Lipinski definition) is 2. The highest BCUT2D eigenvalue weighted by Gasteiger charge is 2.38. The molecule has 45 heavy (non-hydrogen) atoms. The predicted molar refractivity (Wildman–Crippen MR) is 195 cm³/mol. The molecule has 0 aliphatic heterocycles. The average molecular weight is 594 g/mol. The Morgan fingerprint density at radius 3 is 2.13 bits per heavy atom. The zero-order valence-electron chi connectivity index (χ0n) is 25.3. The number of hydrogen-bond donors (Lipinski definition) is 0. The molecule has 1 nitrogen and oxygen atoms in total. The molecule has 0 amide bonds. The van der Waals surface area contributed by atoms with Crippen molar-refractivity contribution in [3.63, 3.8) is 0 Å². The van der Waals surface area contributed by atoms with Gasteiger partial charge in [-0.1, -0.05) is 123 Å². The maximum absolute atomic E-state index is 2.49. The average Bonchev–Trinajstić information content (AvgIpc) is 3.57. The van der Waals surface area contributed by atoms with E-state index in [2.05, 4.69) is 170 Å². The molecule has 0 atom stereocenters. The van der Waals surface area contributed by atoms with Crippen molar-refractivity contribution in [2.24, 2.45) is 0 Å². The van der Waals surface area contributed by atoms with Crippen LogP contribution in [0.15, 0.2) is 152 Å². The van der Waals surface area contributed by atoms with Gasteiger partial charge in [0.1, 0.15) is 0 Å². The minimum absolute atomic E-state index is 0.140. The molecule has 9 rings (SSSR count). The van der Waals surface area contributed by atoms with Gasteiger partial charge in [-0.2, -0.15) is 0 Å². The fourth-order valence-electron chi connectivity index (χ4n) is 7.48. The molecule has 0 fully saturated rings. The van der Waals surface area contributed by atoms with Crippen molar-refractivity contribution in [1.82, 2.24) is 0 Å². The molecule has 8 aromatic rings. The minimum atomic E-state index is -0.140. The molecule has 0 saturated carbocycles. The van der Waals surface area contributed by atoms with E-state index < -0.39 is 0 Å². The van der Waals surface area contributed by atoms with Crippen LogP contribution in [0.25, 0.3) is 53.2 Å². The zero-order chi connectivity index (χ0) is 30.1. The maximum atomic E-state index is 2.49. The first kappa shape index (κ1) is 26.2. The standard InChI is InChI=1S/C43H31NS/c1-43(2)38-18-7-5-15-34(38)37-17-10-19-39(42(37)43)44(33-23-24-36-35-16-6-8-20-40(35)45-41(36)27-33)32-14-9-13-30(26-32)31-22-21-28-11-3-4-12-29(28)25-31/h3-27H,1-2H3. The van der Waals surface area contributed by atoms with E-state index in [0.29, 0.717) is 0 Å². The number of thiophene rings is 1. The summed E-state index contributed by atoms with van der Waals surface area (Å²) in [6.07, 6.45) is 0. The normalized spacial score (nSPS) is 13.3. The molecular weight excluding hydrogens is 563 g/mol. The highest BCUT2D eigenvalue weighted by molar-refractivity contribution is 7.25. The van der Waals surface area contributed by atoms with Gasteiger partial charge in [-0.15, -0.1) is 11.3 Å².